The summed E-state index contributed by atoms with van der Waals surface area (Å²) in [6.45, 7) is 4.17. The molecule has 0 amide bonds. The standard InChI is InChI=1S/C27H29Cl2NO6S/c1-3-5-27(32)36-35-26-13-12-23(16-24(26)29)37(33,34)22-10-8-19(9-11-22)14-18(2)30-17-25(31)20-6-4-7-21(28)15-20/h4,6-13,15-16,18,25,30-31H,3,5,14,17H2,1-2H3/t18-,25+/m1/s1. The summed E-state index contributed by atoms with van der Waals surface area (Å²) in [5, 5.41) is 14.2. The van der Waals surface area contributed by atoms with E-state index in [1.807, 2.05) is 19.9 Å². The molecule has 198 valence electrons. The Morgan fingerprint density at radius 1 is 1.03 bits per heavy atom. The first kappa shape index (κ1) is 28.9. The molecule has 7 nitrogen and oxygen atoms in total. The highest BCUT2D eigenvalue weighted by atomic mass is 35.5. The summed E-state index contributed by atoms with van der Waals surface area (Å²) < 4.78 is 26.2. The minimum atomic E-state index is -3.83. The molecule has 3 aromatic carbocycles. The summed E-state index contributed by atoms with van der Waals surface area (Å²) in [5.74, 6) is -0.500. The first-order valence-electron chi connectivity index (χ1n) is 11.8. The molecule has 3 rings (SSSR count). The molecule has 0 bridgehead atoms. The van der Waals surface area contributed by atoms with E-state index in [-0.39, 0.29) is 33.0 Å². The van der Waals surface area contributed by atoms with Crippen molar-refractivity contribution in [3.05, 3.63) is 87.9 Å². The molecule has 3 aromatic rings. The third-order valence-corrected chi connectivity index (χ3v) is 7.86. The predicted octanol–water partition coefficient (Wildman–Crippen LogP) is 5.72. The van der Waals surface area contributed by atoms with Gasteiger partial charge in [-0.25, -0.2) is 13.2 Å². The molecule has 0 saturated carbocycles. The van der Waals surface area contributed by atoms with E-state index in [1.165, 1.54) is 18.2 Å². The molecule has 2 atom stereocenters. The number of hydrogen-bond donors (Lipinski definition) is 2. The van der Waals surface area contributed by atoms with Crippen molar-refractivity contribution < 1.29 is 28.1 Å². The lowest BCUT2D eigenvalue weighted by molar-refractivity contribution is -0.213. The van der Waals surface area contributed by atoms with Gasteiger partial charge in [-0.2, -0.15) is 0 Å². The summed E-state index contributed by atoms with van der Waals surface area (Å²) in [6, 6.07) is 17.7. The van der Waals surface area contributed by atoms with Crippen LogP contribution in [0, 0.1) is 0 Å². The van der Waals surface area contributed by atoms with Gasteiger partial charge in [-0.05, 0) is 73.4 Å². The molecular weight excluding hydrogens is 537 g/mol. The van der Waals surface area contributed by atoms with Crippen molar-refractivity contribution in [3.8, 4) is 5.75 Å². The van der Waals surface area contributed by atoms with Gasteiger partial charge in [0.05, 0.1) is 20.9 Å². The van der Waals surface area contributed by atoms with E-state index in [2.05, 4.69) is 10.2 Å². The second-order valence-electron chi connectivity index (χ2n) is 8.61. The molecule has 0 heterocycles. The van der Waals surface area contributed by atoms with Crippen LogP contribution in [0.1, 0.15) is 43.9 Å². The number of aliphatic hydroxyl groups is 1. The van der Waals surface area contributed by atoms with Crippen molar-refractivity contribution in [3.63, 3.8) is 0 Å². The number of halogens is 2. The van der Waals surface area contributed by atoms with Crippen molar-refractivity contribution in [1.29, 1.82) is 0 Å². The quantitative estimate of drug-likeness (QED) is 0.214. The molecule has 0 radical (unpaired) electrons. The fraction of sp³-hybridized carbons (Fsp3) is 0.296. The SMILES string of the molecule is CCCC(=O)OOc1ccc(S(=O)(=O)c2ccc(C[C@@H](C)NC[C@H](O)c3cccc(Cl)c3)cc2)cc1Cl. The summed E-state index contributed by atoms with van der Waals surface area (Å²) in [4.78, 5) is 21.2. The summed E-state index contributed by atoms with van der Waals surface area (Å²) in [7, 11) is -3.83. The highest BCUT2D eigenvalue weighted by molar-refractivity contribution is 7.91. The monoisotopic (exact) mass is 565 g/mol. The Balaban J connectivity index is 1.59. The van der Waals surface area contributed by atoms with Crippen LogP contribution in [0.15, 0.2) is 76.5 Å². The van der Waals surface area contributed by atoms with E-state index in [9.17, 15) is 18.3 Å². The molecule has 0 unspecified atom stereocenters. The van der Waals surface area contributed by atoms with E-state index in [0.29, 0.717) is 24.4 Å². The normalized spacial score (nSPS) is 13.1. The van der Waals surface area contributed by atoms with E-state index in [4.69, 9.17) is 28.1 Å². The van der Waals surface area contributed by atoms with E-state index in [0.717, 1.165) is 11.1 Å². The minimum Gasteiger partial charge on any atom is -0.387 e. The van der Waals surface area contributed by atoms with Gasteiger partial charge in [0.2, 0.25) is 9.84 Å². The maximum Gasteiger partial charge on any atom is 0.355 e. The van der Waals surface area contributed by atoms with E-state index in [1.54, 1.807) is 42.5 Å². The predicted molar refractivity (Wildman–Crippen MR) is 143 cm³/mol. The molecule has 2 N–H and O–H groups in total. The summed E-state index contributed by atoms with van der Waals surface area (Å²) in [6.07, 6.45) is 0.742. The second-order valence-corrected chi connectivity index (χ2v) is 11.4. The zero-order valence-corrected chi connectivity index (χ0v) is 22.8. The number of benzene rings is 3. The van der Waals surface area contributed by atoms with Crippen molar-refractivity contribution >= 4 is 39.0 Å². The molecule has 10 heteroatoms. The fourth-order valence-corrected chi connectivity index (χ4v) is 5.33. The third kappa shape index (κ3) is 8.18. The number of nitrogens with one attached hydrogen (secondary N) is 1. The average molecular weight is 567 g/mol. The Morgan fingerprint density at radius 3 is 2.38 bits per heavy atom. The molecule has 0 spiro atoms. The van der Waals surface area contributed by atoms with Crippen LogP contribution in [0.3, 0.4) is 0 Å². The molecule has 37 heavy (non-hydrogen) atoms. The number of aliphatic hydroxyl groups excluding tert-OH is 1. The smallest absolute Gasteiger partial charge is 0.355 e. The lowest BCUT2D eigenvalue weighted by atomic mass is 10.1. The molecular formula is C27H29Cl2NO6S. The molecule has 0 aliphatic heterocycles. The fourth-order valence-electron chi connectivity index (χ4n) is 3.56. The maximum absolute atomic E-state index is 13.1. The van der Waals surface area contributed by atoms with Crippen LogP contribution >= 0.6 is 23.2 Å². The lowest BCUT2D eigenvalue weighted by Gasteiger charge is -2.18. The number of carbonyl (C=O) groups excluding carboxylic acids is 1. The Kier molecular flexibility index (Phi) is 10.4. The van der Waals surface area contributed by atoms with Gasteiger partial charge in [-0.15, -0.1) is 0 Å². The number of carbonyl (C=O) groups is 1. The van der Waals surface area contributed by atoms with Gasteiger partial charge in [0, 0.05) is 24.0 Å². The van der Waals surface area contributed by atoms with Crippen molar-refractivity contribution in [1.82, 2.24) is 5.32 Å². The Bertz CT molecular complexity index is 1310. The molecule has 0 aliphatic carbocycles. The van der Waals surface area contributed by atoms with Crippen molar-refractivity contribution in [2.24, 2.45) is 0 Å². The number of sulfone groups is 1. The number of rotatable bonds is 12. The second kappa shape index (κ2) is 13.3. The largest absolute Gasteiger partial charge is 0.387 e. The Morgan fingerprint density at radius 2 is 1.73 bits per heavy atom. The van der Waals surface area contributed by atoms with Crippen LogP contribution in [0.4, 0.5) is 0 Å². The van der Waals surface area contributed by atoms with Gasteiger partial charge in [-0.3, -0.25) is 9.78 Å². The molecule has 0 aromatic heterocycles. The zero-order chi connectivity index (χ0) is 27.0. The first-order valence-corrected chi connectivity index (χ1v) is 14.0. The average Bonchev–Trinajstić information content (AvgIpc) is 2.87. The van der Waals surface area contributed by atoms with Gasteiger partial charge in [-0.1, -0.05) is 54.4 Å². The van der Waals surface area contributed by atoms with Gasteiger partial charge >= 0.3 is 5.97 Å². The van der Waals surface area contributed by atoms with Crippen LogP contribution in [0.25, 0.3) is 0 Å². The lowest BCUT2D eigenvalue weighted by Crippen LogP contribution is -2.32. The molecule has 0 aliphatic rings. The zero-order valence-electron chi connectivity index (χ0n) is 20.5. The summed E-state index contributed by atoms with van der Waals surface area (Å²) >= 11 is 12.1. The van der Waals surface area contributed by atoms with E-state index >= 15 is 0 Å². The minimum absolute atomic E-state index is 0.00172. The van der Waals surface area contributed by atoms with Crippen LogP contribution < -0.4 is 10.2 Å². The third-order valence-electron chi connectivity index (χ3n) is 5.56. The van der Waals surface area contributed by atoms with Crippen molar-refractivity contribution in [2.45, 2.75) is 55.0 Å². The van der Waals surface area contributed by atoms with Crippen molar-refractivity contribution in [2.75, 3.05) is 6.54 Å². The highest BCUT2D eigenvalue weighted by Crippen LogP contribution is 2.30. The van der Waals surface area contributed by atoms with Gasteiger partial charge in [0.1, 0.15) is 0 Å². The Hall–Kier alpha value is -2.62. The maximum atomic E-state index is 13.1. The molecule has 0 fully saturated rings. The van der Waals surface area contributed by atoms with Crippen LogP contribution in [0.5, 0.6) is 5.75 Å². The van der Waals surface area contributed by atoms with Gasteiger partial charge in [0.15, 0.2) is 5.75 Å². The van der Waals surface area contributed by atoms with Gasteiger partial charge < -0.3 is 10.4 Å². The summed E-state index contributed by atoms with van der Waals surface area (Å²) in [5.41, 5.74) is 1.67. The van der Waals surface area contributed by atoms with E-state index < -0.39 is 21.9 Å². The topological polar surface area (TPSA) is 102 Å². The first-order chi connectivity index (χ1) is 17.6. The number of hydrogen-bond acceptors (Lipinski definition) is 7. The highest BCUT2D eigenvalue weighted by Gasteiger charge is 2.20. The van der Waals surface area contributed by atoms with Crippen LogP contribution in [0.2, 0.25) is 10.0 Å². The molecule has 0 saturated heterocycles. The van der Waals surface area contributed by atoms with Gasteiger partial charge in [0.25, 0.3) is 0 Å². The van der Waals surface area contributed by atoms with Crippen LogP contribution in [-0.4, -0.2) is 32.1 Å². The van der Waals surface area contributed by atoms with Crippen LogP contribution in [-0.2, 0) is 25.9 Å². The Labute approximate surface area is 227 Å².